The zero-order chi connectivity index (χ0) is 19.9. The number of para-hydroxylation sites is 1. The number of aromatic nitrogens is 1. The van der Waals surface area contributed by atoms with E-state index in [0.29, 0.717) is 16.8 Å². The third-order valence-corrected chi connectivity index (χ3v) is 3.91. The lowest BCUT2D eigenvalue weighted by Gasteiger charge is -2.09. The molecule has 1 aromatic heterocycles. The molecule has 2 aromatic carbocycles. The van der Waals surface area contributed by atoms with Gasteiger partial charge in [0.15, 0.2) is 0 Å². The molecule has 28 heavy (non-hydrogen) atoms. The normalized spacial score (nSPS) is 10.2. The minimum atomic E-state index is -0.573. The highest BCUT2D eigenvalue weighted by molar-refractivity contribution is 5.98. The smallest absolute Gasteiger partial charge is 0.288 e. The van der Waals surface area contributed by atoms with E-state index in [1.54, 1.807) is 42.5 Å². The first-order valence-electron chi connectivity index (χ1n) is 8.44. The van der Waals surface area contributed by atoms with Gasteiger partial charge in [-0.25, -0.2) is 4.98 Å². The number of hydrazine groups is 1. The number of fused-ring (bicyclic) bond motifs is 1. The van der Waals surface area contributed by atoms with Crippen LogP contribution in [0, 0.1) is 0 Å². The summed E-state index contributed by atoms with van der Waals surface area (Å²) in [5.41, 5.74) is 5.74. The van der Waals surface area contributed by atoms with Gasteiger partial charge in [-0.05, 0) is 36.4 Å². The molecule has 8 nitrogen and oxygen atoms in total. The number of hydrogen-bond donors (Lipinski definition) is 3. The third kappa shape index (κ3) is 4.61. The van der Waals surface area contributed by atoms with Crippen molar-refractivity contribution in [1.29, 1.82) is 0 Å². The van der Waals surface area contributed by atoms with Gasteiger partial charge < -0.3 is 10.1 Å². The Balaban J connectivity index is 1.48. The lowest BCUT2D eigenvalue weighted by Crippen LogP contribution is -2.46. The molecule has 3 amide bonds. The Morgan fingerprint density at radius 3 is 2.39 bits per heavy atom. The van der Waals surface area contributed by atoms with Crippen LogP contribution < -0.4 is 20.9 Å². The number of hydrogen-bond acceptors (Lipinski definition) is 5. The second-order valence-electron chi connectivity index (χ2n) is 5.80. The molecule has 0 aliphatic carbocycles. The van der Waals surface area contributed by atoms with Gasteiger partial charge in [0.05, 0.1) is 19.2 Å². The highest BCUT2D eigenvalue weighted by atomic mass is 16.5. The van der Waals surface area contributed by atoms with Crippen LogP contribution in [0.5, 0.6) is 5.75 Å². The summed E-state index contributed by atoms with van der Waals surface area (Å²) in [4.78, 5) is 40.2. The summed E-state index contributed by atoms with van der Waals surface area (Å²) in [6.45, 7) is -0.295. The second-order valence-corrected chi connectivity index (χ2v) is 5.80. The van der Waals surface area contributed by atoms with Crippen molar-refractivity contribution in [2.24, 2.45) is 0 Å². The van der Waals surface area contributed by atoms with E-state index >= 15 is 0 Å². The van der Waals surface area contributed by atoms with Crippen LogP contribution in [-0.4, -0.2) is 36.4 Å². The van der Waals surface area contributed by atoms with Crippen LogP contribution in [0.1, 0.15) is 20.8 Å². The number of methoxy groups -OCH3 is 1. The first kappa shape index (κ1) is 18.8. The highest BCUT2D eigenvalue weighted by Gasteiger charge is 2.11. The zero-order valence-electron chi connectivity index (χ0n) is 15.1. The second kappa shape index (κ2) is 8.63. The number of rotatable bonds is 5. The lowest BCUT2D eigenvalue weighted by molar-refractivity contribution is -0.120. The minimum Gasteiger partial charge on any atom is -0.497 e. The van der Waals surface area contributed by atoms with Crippen molar-refractivity contribution in [2.75, 3.05) is 13.7 Å². The topological polar surface area (TPSA) is 109 Å². The maximum absolute atomic E-state index is 12.1. The summed E-state index contributed by atoms with van der Waals surface area (Å²) < 4.78 is 5.02. The third-order valence-electron chi connectivity index (χ3n) is 3.91. The summed E-state index contributed by atoms with van der Waals surface area (Å²) in [5.74, 6) is -0.920. The molecule has 0 radical (unpaired) electrons. The number of amides is 3. The fourth-order valence-electron chi connectivity index (χ4n) is 2.43. The molecule has 0 unspecified atom stereocenters. The molecular weight excluding hydrogens is 360 g/mol. The van der Waals surface area contributed by atoms with Crippen molar-refractivity contribution in [1.82, 2.24) is 21.2 Å². The zero-order valence-corrected chi connectivity index (χ0v) is 15.1. The van der Waals surface area contributed by atoms with Crippen LogP contribution in [-0.2, 0) is 4.79 Å². The number of nitrogens with zero attached hydrogens (tertiary/aromatic N) is 1. The summed E-state index contributed by atoms with van der Waals surface area (Å²) in [7, 11) is 1.53. The number of ether oxygens (including phenoxy) is 1. The van der Waals surface area contributed by atoms with E-state index in [1.165, 1.54) is 7.11 Å². The molecule has 142 valence electrons. The molecule has 0 fully saturated rings. The number of pyridine rings is 1. The van der Waals surface area contributed by atoms with Gasteiger partial charge in [-0.2, -0.15) is 0 Å². The molecule has 0 saturated heterocycles. The van der Waals surface area contributed by atoms with Crippen LogP contribution in [0.4, 0.5) is 0 Å². The van der Waals surface area contributed by atoms with E-state index in [4.69, 9.17) is 4.74 Å². The fourth-order valence-corrected chi connectivity index (χ4v) is 2.43. The summed E-state index contributed by atoms with van der Waals surface area (Å²) in [6, 6.07) is 17.2. The molecule has 3 aromatic rings. The van der Waals surface area contributed by atoms with Crippen LogP contribution in [0.3, 0.4) is 0 Å². The molecule has 0 atom stereocenters. The predicted octanol–water partition coefficient (Wildman–Crippen LogP) is 1.43. The Morgan fingerprint density at radius 1 is 0.893 bits per heavy atom. The summed E-state index contributed by atoms with van der Waals surface area (Å²) >= 11 is 0. The Kier molecular flexibility index (Phi) is 5.81. The molecule has 0 spiro atoms. The Hall–Kier alpha value is -3.94. The SMILES string of the molecule is COc1ccc(C(=O)NCC(=O)NNC(=O)c2ccc3ccccc3n2)cc1. The predicted molar refractivity (Wildman–Crippen MR) is 103 cm³/mol. The van der Waals surface area contributed by atoms with E-state index in [0.717, 1.165) is 5.39 Å². The fraction of sp³-hybridized carbons (Fsp3) is 0.100. The molecule has 8 heteroatoms. The van der Waals surface area contributed by atoms with Crippen molar-refractivity contribution in [3.05, 3.63) is 71.9 Å². The largest absolute Gasteiger partial charge is 0.497 e. The van der Waals surface area contributed by atoms with E-state index in [-0.39, 0.29) is 12.2 Å². The van der Waals surface area contributed by atoms with Crippen LogP contribution in [0.2, 0.25) is 0 Å². The maximum Gasteiger partial charge on any atom is 0.288 e. The van der Waals surface area contributed by atoms with Crippen LogP contribution in [0.15, 0.2) is 60.7 Å². The monoisotopic (exact) mass is 378 g/mol. The van der Waals surface area contributed by atoms with Gasteiger partial charge in [-0.1, -0.05) is 24.3 Å². The average molecular weight is 378 g/mol. The first-order valence-corrected chi connectivity index (χ1v) is 8.44. The van der Waals surface area contributed by atoms with Gasteiger partial charge in [0, 0.05) is 10.9 Å². The quantitative estimate of drug-likeness (QED) is 0.582. The van der Waals surface area contributed by atoms with Gasteiger partial charge in [-0.3, -0.25) is 25.2 Å². The Labute approximate surface area is 160 Å². The Bertz CT molecular complexity index is 1020. The van der Waals surface area contributed by atoms with E-state index in [9.17, 15) is 14.4 Å². The standard InChI is InChI=1S/C20H18N4O4/c1-28-15-9-6-14(7-10-15)19(26)21-12-18(25)23-24-20(27)17-11-8-13-4-2-3-5-16(13)22-17/h2-11H,12H2,1H3,(H,21,26)(H,23,25)(H,24,27). The van der Waals surface area contributed by atoms with Crippen molar-refractivity contribution >= 4 is 28.6 Å². The molecule has 0 saturated carbocycles. The molecule has 3 N–H and O–H groups in total. The summed E-state index contributed by atoms with van der Waals surface area (Å²) in [6.07, 6.45) is 0. The minimum absolute atomic E-state index is 0.168. The molecule has 0 bridgehead atoms. The number of nitrogens with one attached hydrogen (secondary N) is 3. The van der Waals surface area contributed by atoms with Gasteiger partial charge in [0.1, 0.15) is 11.4 Å². The van der Waals surface area contributed by atoms with Crippen molar-refractivity contribution in [3.63, 3.8) is 0 Å². The van der Waals surface area contributed by atoms with E-state index in [1.807, 2.05) is 18.2 Å². The van der Waals surface area contributed by atoms with Crippen molar-refractivity contribution in [2.45, 2.75) is 0 Å². The number of carbonyl (C=O) groups excluding carboxylic acids is 3. The van der Waals surface area contributed by atoms with E-state index in [2.05, 4.69) is 21.2 Å². The van der Waals surface area contributed by atoms with Crippen LogP contribution >= 0.6 is 0 Å². The van der Waals surface area contributed by atoms with Gasteiger partial charge >= 0.3 is 0 Å². The van der Waals surface area contributed by atoms with Gasteiger partial charge in [0.2, 0.25) is 0 Å². The van der Waals surface area contributed by atoms with Crippen molar-refractivity contribution < 1.29 is 19.1 Å². The molecule has 0 aliphatic heterocycles. The van der Waals surface area contributed by atoms with Gasteiger partial charge in [0.25, 0.3) is 17.7 Å². The van der Waals surface area contributed by atoms with Gasteiger partial charge in [-0.15, -0.1) is 0 Å². The maximum atomic E-state index is 12.1. The Morgan fingerprint density at radius 2 is 1.64 bits per heavy atom. The van der Waals surface area contributed by atoms with E-state index < -0.39 is 17.7 Å². The summed E-state index contributed by atoms with van der Waals surface area (Å²) in [5, 5.41) is 3.37. The first-order chi connectivity index (χ1) is 13.6. The van der Waals surface area contributed by atoms with Crippen molar-refractivity contribution in [3.8, 4) is 5.75 Å². The average Bonchev–Trinajstić information content (AvgIpc) is 2.75. The number of benzene rings is 2. The molecular formula is C20H18N4O4. The molecule has 3 rings (SSSR count). The lowest BCUT2D eigenvalue weighted by atomic mass is 10.2. The number of carbonyl (C=O) groups is 3. The van der Waals surface area contributed by atoms with Crippen LogP contribution in [0.25, 0.3) is 10.9 Å². The molecule has 1 heterocycles. The highest BCUT2D eigenvalue weighted by Crippen LogP contribution is 2.12. The molecule has 0 aliphatic rings.